The van der Waals surface area contributed by atoms with Crippen LogP contribution in [0.3, 0.4) is 0 Å². The van der Waals surface area contributed by atoms with Crippen LogP contribution in [0, 0.1) is 33.1 Å². The zero-order valence-corrected chi connectivity index (χ0v) is 33.5. The SMILES string of the molecule is Cc1ccc[n+](-c2c(O)[nH]c(=O)c(/N=N\c3ccccc3C(=O)OCC(CO)(CO)COC(=O)c3ccccc3/N=N\c3c(C)c(-[n+]4cccc(C)c4)c(O)[nH]c3=O)c2C)c1. The Balaban J connectivity index is 1.17. The van der Waals surface area contributed by atoms with Crippen LogP contribution in [0.4, 0.5) is 22.7 Å². The summed E-state index contributed by atoms with van der Waals surface area (Å²) in [5.41, 5.74) is -0.471. The predicted molar refractivity (Wildman–Crippen MR) is 218 cm³/mol. The van der Waals surface area contributed by atoms with Crippen LogP contribution in [-0.2, 0) is 9.47 Å². The number of carbonyl (C=O) groups excluding carboxylic acids is 2. The van der Waals surface area contributed by atoms with Gasteiger partial charge in [-0.15, -0.1) is 20.5 Å². The highest BCUT2D eigenvalue weighted by atomic mass is 16.6. The van der Waals surface area contributed by atoms with Gasteiger partial charge in [-0.25, -0.2) is 9.59 Å². The van der Waals surface area contributed by atoms with Gasteiger partial charge in [0.05, 0.1) is 40.9 Å². The van der Waals surface area contributed by atoms with E-state index in [1.807, 2.05) is 26.0 Å². The number of aromatic nitrogens is 4. The molecule has 6 rings (SSSR count). The molecule has 0 aliphatic rings. The Hall–Kier alpha value is -7.70. The van der Waals surface area contributed by atoms with Crippen molar-refractivity contribution < 1.29 is 48.6 Å². The van der Waals surface area contributed by atoms with Crippen molar-refractivity contribution in [2.24, 2.45) is 25.9 Å². The first-order valence-corrected chi connectivity index (χ1v) is 18.7. The van der Waals surface area contributed by atoms with Crippen LogP contribution in [0.25, 0.3) is 11.4 Å². The molecule has 0 amide bonds. The number of pyridine rings is 4. The molecule has 0 unspecified atom stereocenters. The van der Waals surface area contributed by atoms with E-state index in [1.54, 1.807) is 84.2 Å². The highest BCUT2D eigenvalue weighted by molar-refractivity contribution is 5.95. The van der Waals surface area contributed by atoms with E-state index < -0.39 is 54.9 Å². The third-order valence-corrected chi connectivity index (χ3v) is 9.63. The van der Waals surface area contributed by atoms with Gasteiger partial charge < -0.3 is 29.9 Å². The van der Waals surface area contributed by atoms with E-state index in [0.29, 0.717) is 11.1 Å². The van der Waals surface area contributed by atoms with Crippen LogP contribution in [0.5, 0.6) is 11.8 Å². The van der Waals surface area contributed by atoms with Crippen molar-refractivity contribution in [3.63, 3.8) is 0 Å². The minimum atomic E-state index is -1.65. The first-order chi connectivity index (χ1) is 29.3. The Bertz CT molecular complexity index is 2630. The number of ether oxygens (including phenoxy) is 2. The molecule has 0 fully saturated rings. The molecule has 61 heavy (non-hydrogen) atoms. The fourth-order valence-corrected chi connectivity index (χ4v) is 6.25. The third-order valence-electron chi connectivity index (χ3n) is 9.63. The number of hydrogen-bond donors (Lipinski definition) is 6. The molecule has 2 aromatic carbocycles. The number of esters is 2. The summed E-state index contributed by atoms with van der Waals surface area (Å²) in [6, 6.07) is 19.3. The van der Waals surface area contributed by atoms with Gasteiger partial charge in [0.25, 0.3) is 34.3 Å². The summed E-state index contributed by atoms with van der Waals surface area (Å²) >= 11 is 0. The highest BCUT2D eigenvalue weighted by Crippen LogP contribution is 2.30. The normalized spacial score (nSPS) is 11.6. The molecule has 4 heterocycles. The fraction of sp³-hybridized carbons (Fsp3) is 0.209. The third kappa shape index (κ3) is 9.46. The zero-order valence-electron chi connectivity index (χ0n) is 33.5. The van der Waals surface area contributed by atoms with Gasteiger partial charge in [0.15, 0.2) is 36.2 Å². The summed E-state index contributed by atoms with van der Waals surface area (Å²) in [6.07, 6.45) is 6.89. The van der Waals surface area contributed by atoms with Gasteiger partial charge in [-0.05, 0) is 64.1 Å². The summed E-state index contributed by atoms with van der Waals surface area (Å²) in [5.74, 6) is -2.59. The van der Waals surface area contributed by atoms with Crippen molar-refractivity contribution >= 4 is 34.7 Å². The molecule has 0 spiro atoms. The zero-order chi connectivity index (χ0) is 43.8. The van der Waals surface area contributed by atoms with Crippen LogP contribution < -0.4 is 20.3 Å². The van der Waals surface area contributed by atoms with Crippen LogP contribution in [0.15, 0.2) is 128 Å². The smallest absolute Gasteiger partial charge is 0.340 e. The number of rotatable bonds is 14. The van der Waals surface area contributed by atoms with Gasteiger partial charge in [0, 0.05) is 23.3 Å². The van der Waals surface area contributed by atoms with E-state index in [2.05, 4.69) is 30.4 Å². The number of hydrogen-bond acceptors (Lipinski definition) is 14. The second-order valence-corrected chi connectivity index (χ2v) is 14.2. The molecule has 18 nitrogen and oxygen atoms in total. The van der Waals surface area contributed by atoms with E-state index in [-0.39, 0.29) is 57.0 Å². The van der Waals surface area contributed by atoms with Gasteiger partial charge in [-0.2, -0.15) is 9.13 Å². The lowest BCUT2D eigenvalue weighted by Crippen LogP contribution is -2.41. The number of aromatic hydroxyl groups is 2. The van der Waals surface area contributed by atoms with Gasteiger partial charge in [0.2, 0.25) is 0 Å². The molecule has 0 atom stereocenters. The predicted octanol–water partition coefficient (Wildman–Crippen LogP) is 5.08. The largest absolute Gasteiger partial charge is 0.490 e. The second kappa shape index (κ2) is 18.5. The molecular formula is C43H42N8O10+2. The average molecular weight is 831 g/mol. The number of aromatic amines is 2. The van der Waals surface area contributed by atoms with Crippen LogP contribution in [0.2, 0.25) is 0 Å². The Labute approximate surface area is 347 Å². The molecule has 0 radical (unpaired) electrons. The van der Waals surface area contributed by atoms with E-state index in [4.69, 9.17) is 9.47 Å². The van der Waals surface area contributed by atoms with Crippen molar-refractivity contribution in [3.8, 4) is 23.1 Å². The van der Waals surface area contributed by atoms with Crippen LogP contribution in [-0.4, -0.2) is 68.8 Å². The fourth-order valence-electron chi connectivity index (χ4n) is 6.25. The lowest BCUT2D eigenvalue weighted by molar-refractivity contribution is -0.597. The number of H-pyrrole nitrogens is 2. The van der Waals surface area contributed by atoms with E-state index in [1.165, 1.54) is 24.3 Å². The maximum Gasteiger partial charge on any atom is 0.340 e. The second-order valence-electron chi connectivity index (χ2n) is 14.2. The van der Waals surface area contributed by atoms with Crippen molar-refractivity contribution in [1.82, 2.24) is 9.97 Å². The number of aliphatic hydroxyl groups is 2. The monoisotopic (exact) mass is 830 g/mol. The van der Waals surface area contributed by atoms with Crippen LogP contribution in [0.1, 0.15) is 43.0 Å². The topological polar surface area (TPSA) is 256 Å². The molecule has 6 N–H and O–H groups in total. The molecule has 312 valence electrons. The Morgan fingerprint density at radius 1 is 0.607 bits per heavy atom. The van der Waals surface area contributed by atoms with Crippen molar-refractivity contribution in [2.45, 2.75) is 27.7 Å². The van der Waals surface area contributed by atoms with Crippen molar-refractivity contribution in [2.75, 3.05) is 26.4 Å². The Morgan fingerprint density at radius 2 is 1.00 bits per heavy atom. The number of aliphatic hydroxyl groups excluding tert-OH is 2. The summed E-state index contributed by atoms with van der Waals surface area (Å²) in [5, 5.41) is 58.4. The summed E-state index contributed by atoms with van der Waals surface area (Å²) in [7, 11) is 0. The van der Waals surface area contributed by atoms with Crippen molar-refractivity contribution in [1.29, 1.82) is 0 Å². The minimum Gasteiger partial charge on any atom is -0.490 e. The number of nitrogens with zero attached hydrogens (tertiary/aromatic N) is 6. The number of carbonyl (C=O) groups is 2. The van der Waals surface area contributed by atoms with Gasteiger partial charge in [0.1, 0.15) is 24.6 Å². The average Bonchev–Trinajstić information content (AvgIpc) is 3.23. The maximum atomic E-state index is 13.4. The first kappa shape index (κ1) is 42.9. The van der Waals surface area contributed by atoms with Crippen LogP contribution >= 0.6 is 0 Å². The number of benzene rings is 2. The molecule has 0 saturated carbocycles. The van der Waals surface area contributed by atoms with E-state index >= 15 is 0 Å². The maximum absolute atomic E-state index is 13.4. The van der Waals surface area contributed by atoms with Gasteiger partial charge in [-0.1, -0.05) is 24.3 Å². The van der Waals surface area contributed by atoms with E-state index in [9.17, 15) is 39.6 Å². The minimum absolute atomic E-state index is 0.0227. The Morgan fingerprint density at radius 3 is 1.38 bits per heavy atom. The highest BCUT2D eigenvalue weighted by Gasteiger charge is 2.34. The first-order valence-electron chi connectivity index (χ1n) is 18.7. The lowest BCUT2D eigenvalue weighted by atomic mass is 9.92. The standard InChI is InChI=1S/C43H40N8O10/c1-25-11-9-17-50(19-25)35-27(3)33(37(54)44-39(35)56)48-46-31-15-7-5-13-29(31)41(58)60-23-43(21-52,22-53)24-61-42(59)30-14-6-8-16-32(30)47-49-34-28(4)36(40(57)45-38(34)55)51-18-10-12-26(2)20-51/h5-20,52-53H,21-24H2,1-4H3,(H2-2,44,45,46,47,54,55,56,57,58,59)/p+2. The molecule has 6 aromatic rings. The molecular weight excluding hydrogens is 789 g/mol. The summed E-state index contributed by atoms with van der Waals surface area (Å²) < 4.78 is 14.3. The quantitative estimate of drug-likeness (QED) is 0.0482. The molecule has 0 bridgehead atoms. The van der Waals surface area contributed by atoms with Crippen molar-refractivity contribution in [3.05, 3.63) is 152 Å². The number of nitrogens with one attached hydrogen (secondary N) is 2. The number of aryl methyl sites for hydroxylation is 2. The van der Waals surface area contributed by atoms with Gasteiger partial charge in [-0.3, -0.25) is 19.6 Å². The molecule has 0 aliphatic carbocycles. The molecule has 4 aromatic heterocycles. The molecule has 18 heteroatoms. The molecule has 0 saturated heterocycles. The Kier molecular flexibility index (Phi) is 13.0. The summed E-state index contributed by atoms with van der Waals surface area (Å²) in [4.78, 5) is 57.3. The summed E-state index contributed by atoms with van der Waals surface area (Å²) in [6.45, 7) is 4.20. The number of azo groups is 2. The lowest BCUT2D eigenvalue weighted by Gasteiger charge is -2.28. The van der Waals surface area contributed by atoms with E-state index in [0.717, 1.165) is 11.1 Å². The van der Waals surface area contributed by atoms with Gasteiger partial charge >= 0.3 is 11.9 Å². The molecule has 0 aliphatic heterocycles.